The Bertz CT molecular complexity index is 729. The zero-order valence-corrected chi connectivity index (χ0v) is 16.7. The number of benzene rings is 1. The summed E-state index contributed by atoms with van der Waals surface area (Å²) in [6.07, 6.45) is 5.80. The second-order valence-corrected chi connectivity index (χ2v) is 7.03. The van der Waals surface area contributed by atoms with Crippen LogP contribution in [0.5, 0.6) is 5.88 Å². The Balaban J connectivity index is 1.41. The van der Waals surface area contributed by atoms with E-state index in [-0.39, 0.29) is 0 Å². The molecule has 0 radical (unpaired) electrons. The molecule has 0 bridgehead atoms. The average molecular weight is 382 g/mol. The predicted molar refractivity (Wildman–Crippen MR) is 114 cm³/mol. The molecule has 0 saturated carbocycles. The Hall–Kier alpha value is -2.60. The van der Waals surface area contributed by atoms with Gasteiger partial charge in [-0.2, -0.15) is 0 Å². The van der Waals surface area contributed by atoms with Crippen LogP contribution in [0.25, 0.3) is 0 Å². The summed E-state index contributed by atoms with van der Waals surface area (Å²) in [4.78, 5) is 11.1. The molecule has 1 saturated heterocycles. The van der Waals surface area contributed by atoms with Crippen LogP contribution in [0.15, 0.2) is 53.7 Å². The highest BCUT2D eigenvalue weighted by Gasteiger charge is 2.09. The van der Waals surface area contributed by atoms with Crippen LogP contribution < -0.4 is 15.4 Å². The normalized spacial score (nSPS) is 15.2. The maximum Gasteiger partial charge on any atom is 0.213 e. The summed E-state index contributed by atoms with van der Waals surface area (Å²) in [6.45, 7) is 5.60. The summed E-state index contributed by atoms with van der Waals surface area (Å²) >= 11 is 0. The van der Waals surface area contributed by atoms with Crippen LogP contribution in [0.1, 0.15) is 30.4 Å². The zero-order chi connectivity index (χ0) is 19.4. The van der Waals surface area contributed by atoms with Gasteiger partial charge in [0.2, 0.25) is 5.88 Å². The van der Waals surface area contributed by atoms with Gasteiger partial charge >= 0.3 is 0 Å². The zero-order valence-electron chi connectivity index (χ0n) is 16.7. The van der Waals surface area contributed by atoms with E-state index in [0.29, 0.717) is 19.0 Å². The van der Waals surface area contributed by atoms with Gasteiger partial charge in [-0.25, -0.2) is 4.98 Å². The van der Waals surface area contributed by atoms with Crippen molar-refractivity contribution in [2.24, 2.45) is 4.99 Å². The van der Waals surface area contributed by atoms with Crippen molar-refractivity contribution in [3.63, 3.8) is 0 Å². The molecule has 1 aliphatic rings. The summed E-state index contributed by atoms with van der Waals surface area (Å²) in [5, 5.41) is 6.76. The standard InChI is InChI=1S/C22H31N5O/c1-23-22(25-12-15-27-13-6-3-7-14-27)26-17-20-10-11-24-21(16-20)28-18-19-8-4-2-5-9-19/h2,4-5,8-11,16H,3,6-7,12-15,17-18H2,1H3,(H2,23,25,26). The Morgan fingerprint density at radius 1 is 1.07 bits per heavy atom. The average Bonchev–Trinajstić information content (AvgIpc) is 2.76. The third-order valence-corrected chi connectivity index (χ3v) is 4.88. The molecule has 0 atom stereocenters. The van der Waals surface area contributed by atoms with Crippen molar-refractivity contribution >= 4 is 5.96 Å². The lowest BCUT2D eigenvalue weighted by Crippen LogP contribution is -2.42. The van der Waals surface area contributed by atoms with E-state index in [0.717, 1.165) is 30.2 Å². The number of nitrogens with one attached hydrogen (secondary N) is 2. The first-order chi connectivity index (χ1) is 13.8. The van der Waals surface area contributed by atoms with Crippen molar-refractivity contribution in [2.75, 3.05) is 33.2 Å². The van der Waals surface area contributed by atoms with E-state index in [4.69, 9.17) is 4.74 Å². The van der Waals surface area contributed by atoms with Crippen LogP contribution in [0.4, 0.5) is 0 Å². The number of nitrogens with zero attached hydrogens (tertiary/aromatic N) is 3. The molecule has 1 fully saturated rings. The molecule has 0 unspecified atom stereocenters. The lowest BCUT2D eigenvalue weighted by Gasteiger charge is -2.26. The summed E-state index contributed by atoms with van der Waals surface area (Å²) in [6, 6.07) is 14.1. The molecule has 1 aromatic carbocycles. The number of hydrogen-bond acceptors (Lipinski definition) is 4. The van der Waals surface area contributed by atoms with Crippen LogP contribution in [0.3, 0.4) is 0 Å². The molecule has 28 heavy (non-hydrogen) atoms. The molecule has 0 amide bonds. The van der Waals surface area contributed by atoms with Crippen LogP contribution in [-0.2, 0) is 13.2 Å². The van der Waals surface area contributed by atoms with Gasteiger partial charge in [0.1, 0.15) is 6.61 Å². The highest BCUT2D eigenvalue weighted by atomic mass is 16.5. The minimum absolute atomic E-state index is 0.518. The number of guanidine groups is 1. The molecule has 2 heterocycles. The summed E-state index contributed by atoms with van der Waals surface area (Å²) in [5.41, 5.74) is 2.24. The van der Waals surface area contributed by atoms with Crippen molar-refractivity contribution < 1.29 is 4.74 Å². The van der Waals surface area contributed by atoms with E-state index in [1.54, 1.807) is 13.2 Å². The molecule has 6 nitrogen and oxygen atoms in total. The fourth-order valence-electron chi connectivity index (χ4n) is 3.29. The minimum atomic E-state index is 0.518. The van der Waals surface area contributed by atoms with Crippen molar-refractivity contribution in [1.82, 2.24) is 20.5 Å². The summed E-state index contributed by atoms with van der Waals surface area (Å²) in [5.74, 6) is 1.46. The number of aliphatic imine (C=N–C) groups is 1. The summed E-state index contributed by atoms with van der Waals surface area (Å²) < 4.78 is 5.81. The molecule has 1 aromatic heterocycles. The SMILES string of the molecule is CN=C(NCCN1CCCCC1)NCc1ccnc(OCc2ccccc2)c1. The Labute approximate surface area is 168 Å². The predicted octanol–water partition coefficient (Wildman–Crippen LogP) is 2.81. The lowest BCUT2D eigenvalue weighted by atomic mass is 10.1. The second kappa shape index (κ2) is 11.3. The fourth-order valence-corrected chi connectivity index (χ4v) is 3.29. The maximum absolute atomic E-state index is 5.81. The van der Waals surface area contributed by atoms with Gasteiger partial charge in [-0.15, -0.1) is 0 Å². The Morgan fingerprint density at radius 2 is 1.89 bits per heavy atom. The topological polar surface area (TPSA) is 61.8 Å². The van der Waals surface area contributed by atoms with Gasteiger partial charge < -0.3 is 20.3 Å². The number of likely N-dealkylation sites (tertiary alicyclic amines) is 1. The van der Waals surface area contributed by atoms with Crippen molar-refractivity contribution in [1.29, 1.82) is 0 Å². The smallest absolute Gasteiger partial charge is 0.213 e. The number of piperidine rings is 1. The van der Waals surface area contributed by atoms with Gasteiger partial charge in [-0.3, -0.25) is 4.99 Å². The lowest BCUT2D eigenvalue weighted by molar-refractivity contribution is 0.232. The number of hydrogen-bond donors (Lipinski definition) is 2. The van der Waals surface area contributed by atoms with Crippen LogP contribution in [0, 0.1) is 0 Å². The molecular weight excluding hydrogens is 350 g/mol. The largest absolute Gasteiger partial charge is 0.473 e. The number of aromatic nitrogens is 1. The molecule has 2 N–H and O–H groups in total. The molecule has 2 aromatic rings. The fraction of sp³-hybridized carbons (Fsp3) is 0.455. The first kappa shape index (κ1) is 20.1. The Morgan fingerprint density at radius 3 is 2.68 bits per heavy atom. The monoisotopic (exact) mass is 381 g/mol. The molecule has 6 heteroatoms. The molecule has 3 rings (SSSR count). The van der Waals surface area contributed by atoms with Crippen LogP contribution in [-0.4, -0.2) is 49.1 Å². The van der Waals surface area contributed by atoms with Crippen molar-refractivity contribution in [3.8, 4) is 5.88 Å². The first-order valence-electron chi connectivity index (χ1n) is 10.1. The molecule has 0 spiro atoms. The maximum atomic E-state index is 5.81. The molecular formula is C22H31N5O. The van der Waals surface area contributed by atoms with E-state index >= 15 is 0 Å². The highest BCUT2D eigenvalue weighted by molar-refractivity contribution is 5.79. The number of rotatable bonds is 8. The van der Waals surface area contributed by atoms with E-state index in [1.165, 1.54) is 32.4 Å². The van der Waals surface area contributed by atoms with E-state index in [9.17, 15) is 0 Å². The van der Waals surface area contributed by atoms with Gasteiger partial charge in [-0.05, 0) is 43.1 Å². The van der Waals surface area contributed by atoms with Crippen molar-refractivity contribution in [2.45, 2.75) is 32.4 Å². The number of ether oxygens (including phenoxy) is 1. The van der Waals surface area contributed by atoms with Gasteiger partial charge in [0.15, 0.2) is 5.96 Å². The van der Waals surface area contributed by atoms with E-state index in [1.807, 2.05) is 42.5 Å². The second-order valence-electron chi connectivity index (χ2n) is 7.03. The van der Waals surface area contributed by atoms with Crippen LogP contribution in [0.2, 0.25) is 0 Å². The quantitative estimate of drug-likeness (QED) is 0.544. The summed E-state index contributed by atoms with van der Waals surface area (Å²) in [7, 11) is 1.80. The first-order valence-corrected chi connectivity index (χ1v) is 10.1. The Kier molecular flexibility index (Phi) is 8.12. The minimum Gasteiger partial charge on any atom is -0.473 e. The van der Waals surface area contributed by atoms with Crippen LogP contribution >= 0.6 is 0 Å². The molecule has 150 valence electrons. The van der Waals surface area contributed by atoms with E-state index in [2.05, 4.69) is 25.5 Å². The van der Waals surface area contributed by atoms with Crippen molar-refractivity contribution in [3.05, 3.63) is 59.8 Å². The van der Waals surface area contributed by atoms with Gasteiger partial charge in [0.05, 0.1) is 0 Å². The molecule has 1 aliphatic heterocycles. The van der Waals surface area contributed by atoms with Gasteiger partial charge in [-0.1, -0.05) is 36.8 Å². The van der Waals surface area contributed by atoms with Gasteiger partial charge in [0.25, 0.3) is 0 Å². The highest BCUT2D eigenvalue weighted by Crippen LogP contribution is 2.12. The number of pyridine rings is 1. The molecule has 0 aliphatic carbocycles. The van der Waals surface area contributed by atoms with E-state index < -0.39 is 0 Å². The third-order valence-electron chi connectivity index (χ3n) is 4.88. The third kappa shape index (κ3) is 6.85. The van der Waals surface area contributed by atoms with Gasteiger partial charge in [0, 0.05) is 38.9 Å².